The normalized spacial score (nSPS) is 10.6. The fourth-order valence-electron chi connectivity index (χ4n) is 1.96. The molecule has 0 bridgehead atoms. The minimum Gasteiger partial charge on any atom is -0.545 e. The first-order valence-electron chi connectivity index (χ1n) is 7.16. The van der Waals surface area contributed by atoms with Gasteiger partial charge in [0.05, 0.1) is 36.6 Å². The third kappa shape index (κ3) is 4.39. The number of nitrogens with one attached hydrogen (secondary N) is 1. The maximum absolute atomic E-state index is 10.9. The van der Waals surface area contributed by atoms with E-state index in [1.54, 1.807) is 25.5 Å². The summed E-state index contributed by atoms with van der Waals surface area (Å²) in [6.07, 6.45) is 1.56. The zero-order valence-corrected chi connectivity index (χ0v) is 14.0. The molecule has 2 aromatic carbocycles. The van der Waals surface area contributed by atoms with E-state index in [1.165, 1.54) is 18.2 Å². The Labute approximate surface area is 144 Å². The Bertz CT molecular complexity index is 762. The van der Waals surface area contributed by atoms with Crippen LogP contribution >= 0.6 is 11.6 Å². The highest BCUT2D eigenvalue weighted by Gasteiger charge is 2.05. The third-order valence-corrected chi connectivity index (χ3v) is 3.42. The molecule has 0 saturated heterocycles. The summed E-state index contributed by atoms with van der Waals surface area (Å²) in [5, 5.41) is 15.3. The summed E-state index contributed by atoms with van der Waals surface area (Å²) < 4.78 is 10.7. The minimum absolute atomic E-state index is 0.0141. The Morgan fingerprint density at radius 1 is 1.29 bits per heavy atom. The molecule has 2 rings (SSSR count). The van der Waals surface area contributed by atoms with Gasteiger partial charge in [-0.25, -0.2) is 0 Å². The number of carbonyl (C=O) groups excluding carboxylic acids is 1. The van der Waals surface area contributed by atoms with Gasteiger partial charge in [0.25, 0.3) is 0 Å². The van der Waals surface area contributed by atoms with Gasteiger partial charge in [-0.1, -0.05) is 17.7 Å². The molecule has 0 heterocycles. The van der Waals surface area contributed by atoms with Crippen molar-refractivity contribution in [1.29, 1.82) is 0 Å². The average Bonchev–Trinajstić information content (AvgIpc) is 2.57. The molecule has 126 valence electrons. The second-order valence-electron chi connectivity index (χ2n) is 4.70. The van der Waals surface area contributed by atoms with Gasteiger partial charge in [-0.2, -0.15) is 5.10 Å². The van der Waals surface area contributed by atoms with Crippen molar-refractivity contribution in [3.05, 3.63) is 52.5 Å². The van der Waals surface area contributed by atoms with Crippen LogP contribution < -0.4 is 20.0 Å². The summed E-state index contributed by atoms with van der Waals surface area (Å²) in [7, 11) is 1.57. The van der Waals surface area contributed by atoms with E-state index in [0.29, 0.717) is 28.8 Å². The Morgan fingerprint density at radius 2 is 2.08 bits per heavy atom. The number of rotatable bonds is 7. The number of benzene rings is 2. The molecule has 1 N–H and O–H groups in total. The third-order valence-electron chi connectivity index (χ3n) is 3.09. The molecule has 24 heavy (non-hydrogen) atoms. The minimum atomic E-state index is -1.28. The van der Waals surface area contributed by atoms with E-state index in [2.05, 4.69) is 10.5 Å². The van der Waals surface area contributed by atoms with Crippen LogP contribution in [0.15, 0.2) is 41.5 Å². The molecular formula is C17H16ClN2O4-. The van der Waals surface area contributed by atoms with Crippen LogP contribution in [0.2, 0.25) is 5.02 Å². The lowest BCUT2D eigenvalue weighted by atomic mass is 10.2. The fraction of sp³-hybridized carbons (Fsp3) is 0.176. The van der Waals surface area contributed by atoms with E-state index in [4.69, 9.17) is 21.1 Å². The molecule has 6 nitrogen and oxygen atoms in total. The molecule has 0 aliphatic carbocycles. The predicted molar refractivity (Wildman–Crippen MR) is 91.2 cm³/mol. The summed E-state index contributed by atoms with van der Waals surface area (Å²) in [4.78, 5) is 10.9. The standard InChI is InChI=1S/C17H17ClN2O4/c1-3-24-16-8-11(4-7-15(16)23-2)10-19-20-14-9-12(17(21)22)5-6-13(14)18/h4-10,20H,3H2,1-2H3,(H,21,22)/p-1/b19-10-. The highest BCUT2D eigenvalue weighted by atomic mass is 35.5. The van der Waals surface area contributed by atoms with Gasteiger partial charge in [-0.15, -0.1) is 0 Å². The lowest BCUT2D eigenvalue weighted by Crippen LogP contribution is -2.22. The molecule has 0 aromatic heterocycles. The lowest BCUT2D eigenvalue weighted by Gasteiger charge is -2.10. The molecule has 0 amide bonds. The van der Waals surface area contributed by atoms with E-state index >= 15 is 0 Å². The summed E-state index contributed by atoms with van der Waals surface area (Å²) in [5.74, 6) is -0.0391. The van der Waals surface area contributed by atoms with E-state index in [1.807, 2.05) is 13.0 Å². The van der Waals surface area contributed by atoms with E-state index < -0.39 is 5.97 Å². The number of nitrogens with zero attached hydrogens (tertiary/aromatic N) is 1. The molecule has 0 unspecified atom stereocenters. The Hall–Kier alpha value is -2.73. The lowest BCUT2D eigenvalue weighted by molar-refractivity contribution is -0.255. The first kappa shape index (κ1) is 17.6. The summed E-state index contributed by atoms with van der Waals surface area (Å²) >= 11 is 6.00. The number of halogens is 1. The first-order valence-corrected chi connectivity index (χ1v) is 7.53. The number of ether oxygens (including phenoxy) is 2. The highest BCUT2D eigenvalue weighted by molar-refractivity contribution is 6.33. The van der Waals surface area contributed by atoms with Crippen molar-refractivity contribution in [1.82, 2.24) is 0 Å². The molecule has 0 spiro atoms. The molecule has 7 heteroatoms. The van der Waals surface area contributed by atoms with Crippen LogP contribution in [-0.2, 0) is 0 Å². The fourth-order valence-corrected chi connectivity index (χ4v) is 2.12. The number of hydrazone groups is 1. The smallest absolute Gasteiger partial charge is 0.161 e. The first-order chi connectivity index (χ1) is 11.5. The number of hydrogen-bond acceptors (Lipinski definition) is 6. The van der Waals surface area contributed by atoms with Gasteiger partial charge in [-0.05, 0) is 48.4 Å². The van der Waals surface area contributed by atoms with Crippen molar-refractivity contribution in [2.75, 3.05) is 19.1 Å². The number of carbonyl (C=O) groups is 1. The molecule has 0 aliphatic heterocycles. The van der Waals surface area contributed by atoms with E-state index in [9.17, 15) is 9.90 Å². The van der Waals surface area contributed by atoms with Crippen LogP contribution in [0.4, 0.5) is 5.69 Å². The van der Waals surface area contributed by atoms with Crippen molar-refractivity contribution < 1.29 is 19.4 Å². The van der Waals surface area contributed by atoms with Crippen molar-refractivity contribution in [2.45, 2.75) is 6.92 Å². The SMILES string of the molecule is CCOc1cc(/C=N\Nc2cc(C(=O)[O-])ccc2Cl)ccc1OC. The van der Waals surface area contributed by atoms with Gasteiger partial charge < -0.3 is 19.4 Å². The van der Waals surface area contributed by atoms with Crippen LogP contribution in [0, 0.1) is 0 Å². The van der Waals surface area contributed by atoms with Gasteiger partial charge in [0.2, 0.25) is 0 Å². The topological polar surface area (TPSA) is 83.0 Å². The molecule has 0 fully saturated rings. The zero-order chi connectivity index (χ0) is 17.5. The summed E-state index contributed by atoms with van der Waals surface area (Å²) in [6.45, 7) is 2.40. The van der Waals surface area contributed by atoms with Gasteiger partial charge >= 0.3 is 0 Å². The second-order valence-corrected chi connectivity index (χ2v) is 5.10. The largest absolute Gasteiger partial charge is 0.545 e. The van der Waals surface area contributed by atoms with Crippen molar-refractivity contribution in [3.8, 4) is 11.5 Å². The van der Waals surface area contributed by atoms with Gasteiger partial charge in [0.15, 0.2) is 11.5 Å². The Kier molecular flexibility index (Phi) is 6.03. The molecule has 0 atom stereocenters. The molecule has 0 saturated carbocycles. The summed E-state index contributed by atoms with van der Waals surface area (Å²) in [6, 6.07) is 9.55. The van der Waals surface area contributed by atoms with Crippen LogP contribution in [0.3, 0.4) is 0 Å². The maximum atomic E-state index is 10.9. The summed E-state index contributed by atoms with van der Waals surface area (Å²) in [5.41, 5.74) is 3.87. The monoisotopic (exact) mass is 347 g/mol. The van der Waals surface area contributed by atoms with Crippen molar-refractivity contribution in [3.63, 3.8) is 0 Å². The molecule has 0 aliphatic rings. The van der Waals surface area contributed by atoms with Gasteiger partial charge in [0, 0.05) is 0 Å². The van der Waals surface area contributed by atoms with Gasteiger partial charge in [0.1, 0.15) is 0 Å². The number of aromatic carboxylic acids is 1. The number of methoxy groups -OCH3 is 1. The zero-order valence-electron chi connectivity index (χ0n) is 13.2. The van der Waals surface area contributed by atoms with Gasteiger partial charge in [-0.3, -0.25) is 5.43 Å². The van der Waals surface area contributed by atoms with E-state index in [0.717, 1.165) is 5.56 Å². The van der Waals surface area contributed by atoms with Crippen molar-refractivity contribution in [2.24, 2.45) is 5.10 Å². The number of anilines is 1. The number of hydrogen-bond donors (Lipinski definition) is 1. The van der Waals surface area contributed by atoms with Crippen molar-refractivity contribution >= 4 is 29.5 Å². The van der Waals surface area contributed by atoms with Crippen LogP contribution in [-0.4, -0.2) is 25.9 Å². The maximum Gasteiger partial charge on any atom is 0.161 e. The van der Waals surface area contributed by atoms with Crippen LogP contribution in [0.5, 0.6) is 11.5 Å². The molecular weight excluding hydrogens is 332 g/mol. The van der Waals surface area contributed by atoms with Crippen LogP contribution in [0.25, 0.3) is 0 Å². The molecule has 0 radical (unpaired) electrons. The second kappa shape index (κ2) is 8.21. The Morgan fingerprint density at radius 3 is 2.75 bits per heavy atom. The quantitative estimate of drug-likeness (QED) is 0.614. The Balaban J connectivity index is 2.16. The predicted octanol–water partition coefficient (Wildman–Crippen LogP) is 2.56. The van der Waals surface area contributed by atoms with E-state index in [-0.39, 0.29) is 5.56 Å². The number of carboxylic acid groups (broad SMARTS) is 1. The molecule has 2 aromatic rings. The average molecular weight is 348 g/mol. The number of carboxylic acids is 1. The highest BCUT2D eigenvalue weighted by Crippen LogP contribution is 2.27. The van der Waals surface area contributed by atoms with Crippen LogP contribution in [0.1, 0.15) is 22.8 Å².